The molecule has 0 amide bonds. The highest BCUT2D eigenvalue weighted by atomic mass is 35.5. The van der Waals surface area contributed by atoms with Crippen molar-refractivity contribution in [1.82, 2.24) is 34.2 Å². The fraction of sp³-hybridized carbons (Fsp3) is 0.419. The van der Waals surface area contributed by atoms with Crippen LogP contribution in [0.15, 0.2) is 46.0 Å². The maximum absolute atomic E-state index is 12.9. The molecule has 11 nitrogen and oxygen atoms in total. The van der Waals surface area contributed by atoms with Gasteiger partial charge in [0.2, 0.25) is 0 Å². The number of pyridine rings is 1. The number of nitriles is 1. The molecule has 6 heterocycles. The van der Waals surface area contributed by atoms with Crippen molar-refractivity contribution in [1.29, 1.82) is 5.26 Å². The Labute approximate surface area is 252 Å². The number of rotatable bonds is 7. The number of oxazole rings is 1. The lowest BCUT2D eigenvalue weighted by atomic mass is 9.93. The van der Waals surface area contributed by atoms with Crippen LogP contribution in [-0.4, -0.2) is 66.5 Å². The van der Waals surface area contributed by atoms with Gasteiger partial charge in [0, 0.05) is 36.4 Å². The zero-order chi connectivity index (χ0) is 29.7. The van der Waals surface area contributed by atoms with Gasteiger partial charge in [-0.2, -0.15) is 10.4 Å². The highest BCUT2D eigenvalue weighted by Crippen LogP contribution is 2.37. The summed E-state index contributed by atoms with van der Waals surface area (Å²) >= 11 is 5.92. The Morgan fingerprint density at radius 1 is 1.12 bits per heavy atom. The molecule has 2 aliphatic heterocycles. The maximum atomic E-state index is 12.9. The lowest BCUT2D eigenvalue weighted by Crippen LogP contribution is -2.51. The van der Waals surface area contributed by atoms with Crippen molar-refractivity contribution >= 4 is 33.7 Å². The van der Waals surface area contributed by atoms with E-state index < -0.39 is 5.76 Å². The highest BCUT2D eigenvalue weighted by Gasteiger charge is 2.32. The van der Waals surface area contributed by atoms with Gasteiger partial charge in [-0.3, -0.25) is 9.47 Å². The lowest BCUT2D eigenvalue weighted by Gasteiger charge is -2.41. The van der Waals surface area contributed by atoms with E-state index in [0.29, 0.717) is 45.9 Å². The second-order valence-corrected chi connectivity index (χ2v) is 12.2. The molecule has 4 aromatic heterocycles. The zero-order valence-corrected chi connectivity index (χ0v) is 24.8. The van der Waals surface area contributed by atoms with Crippen LogP contribution in [0.4, 0.5) is 0 Å². The third-order valence-electron chi connectivity index (χ3n) is 8.44. The van der Waals surface area contributed by atoms with Crippen molar-refractivity contribution < 1.29 is 9.15 Å². The quantitative estimate of drug-likeness (QED) is 0.264. The smallest absolute Gasteiger partial charge is 0.408 e. The molecule has 0 radical (unpaired) electrons. The molecular weight excluding hydrogens is 568 g/mol. The summed E-state index contributed by atoms with van der Waals surface area (Å²) in [6.45, 7) is 8.02. The first-order valence-electron chi connectivity index (χ1n) is 14.6. The van der Waals surface area contributed by atoms with Crippen LogP contribution in [0.3, 0.4) is 0 Å². The molecule has 1 aromatic carbocycles. The molecule has 5 aromatic rings. The topological polar surface area (TPSA) is 128 Å². The van der Waals surface area contributed by atoms with E-state index in [-0.39, 0.29) is 12.6 Å². The minimum atomic E-state index is -0.515. The number of aromatic nitrogens is 6. The number of fused-ring (bicyclic) bond motifs is 2. The summed E-state index contributed by atoms with van der Waals surface area (Å²) in [5.74, 6) is 0.233. The van der Waals surface area contributed by atoms with Gasteiger partial charge in [0.25, 0.3) is 0 Å². The first kappa shape index (κ1) is 27.7. The number of ether oxygens (including phenoxy) is 1. The molecule has 0 spiro atoms. The molecule has 0 atom stereocenters. The zero-order valence-electron chi connectivity index (χ0n) is 24.0. The summed E-state index contributed by atoms with van der Waals surface area (Å²) in [5.41, 5.74) is 4.62. The number of hydrogen-bond donors (Lipinski definition) is 0. The van der Waals surface area contributed by atoms with Crippen LogP contribution < -0.4 is 5.76 Å². The maximum Gasteiger partial charge on any atom is 0.420 e. The standard InChI is InChI=1S/C31H31ClN8O3/c1-18(2)9-25-23(11-33)29(24-14-36-40(30(24)37-25)21-5-7-38(8-6-21)22-16-42-17-22)19-3-4-26-27(10-19)43-31(41)39(26)15-28-34-12-20(32)13-35-28/h3-4,10,12-14,18,21-22H,5-9,15-17H2,1-2H3. The van der Waals surface area contributed by atoms with Crippen molar-refractivity contribution in [3.05, 3.63) is 69.4 Å². The van der Waals surface area contributed by atoms with Gasteiger partial charge in [0.15, 0.2) is 11.2 Å². The van der Waals surface area contributed by atoms with Crippen molar-refractivity contribution in [2.75, 3.05) is 26.3 Å². The normalized spacial score (nSPS) is 16.7. The summed E-state index contributed by atoms with van der Waals surface area (Å²) in [7, 11) is 0. The molecule has 12 heteroatoms. The Kier molecular flexibility index (Phi) is 7.21. The molecule has 220 valence electrons. The van der Waals surface area contributed by atoms with Crippen LogP contribution in [-0.2, 0) is 17.7 Å². The van der Waals surface area contributed by atoms with Crippen LogP contribution in [0.5, 0.6) is 0 Å². The van der Waals surface area contributed by atoms with E-state index in [1.54, 1.807) is 0 Å². The van der Waals surface area contributed by atoms with E-state index >= 15 is 0 Å². The molecule has 7 rings (SSSR count). The number of halogens is 1. The Morgan fingerprint density at radius 3 is 2.56 bits per heavy atom. The third-order valence-corrected chi connectivity index (χ3v) is 8.64. The van der Waals surface area contributed by atoms with Crippen molar-refractivity contribution in [3.8, 4) is 17.2 Å². The second-order valence-electron chi connectivity index (χ2n) is 11.8. The first-order valence-corrected chi connectivity index (χ1v) is 15.0. The third kappa shape index (κ3) is 5.09. The predicted octanol–water partition coefficient (Wildman–Crippen LogP) is 4.60. The largest absolute Gasteiger partial charge is 0.420 e. The molecule has 2 aliphatic rings. The van der Waals surface area contributed by atoms with E-state index in [1.807, 2.05) is 24.4 Å². The van der Waals surface area contributed by atoms with Crippen LogP contribution >= 0.6 is 11.6 Å². The van der Waals surface area contributed by atoms with Crippen molar-refractivity contribution in [3.63, 3.8) is 0 Å². The Hall–Kier alpha value is -4.11. The predicted molar refractivity (Wildman–Crippen MR) is 161 cm³/mol. The fourth-order valence-corrected chi connectivity index (χ4v) is 6.29. The molecule has 0 bridgehead atoms. The number of piperidine rings is 1. The Morgan fingerprint density at radius 2 is 1.88 bits per heavy atom. The first-order chi connectivity index (χ1) is 20.9. The average molecular weight is 599 g/mol. The van der Waals surface area contributed by atoms with E-state index in [0.717, 1.165) is 67.0 Å². The van der Waals surface area contributed by atoms with Crippen LogP contribution in [0.1, 0.15) is 49.8 Å². The van der Waals surface area contributed by atoms with Gasteiger partial charge in [0.05, 0.1) is 59.8 Å². The van der Waals surface area contributed by atoms with E-state index in [2.05, 4.69) is 39.5 Å². The summed E-state index contributed by atoms with van der Waals surface area (Å²) in [6.07, 6.45) is 7.43. The molecule has 0 unspecified atom stereocenters. The van der Waals surface area contributed by atoms with E-state index in [9.17, 15) is 10.1 Å². The summed E-state index contributed by atoms with van der Waals surface area (Å²) in [4.78, 5) is 28.9. The van der Waals surface area contributed by atoms with E-state index in [4.69, 9.17) is 30.8 Å². The van der Waals surface area contributed by atoms with Gasteiger partial charge in [-0.15, -0.1) is 0 Å². The van der Waals surface area contributed by atoms with Crippen LogP contribution in [0.2, 0.25) is 5.02 Å². The van der Waals surface area contributed by atoms with Crippen molar-refractivity contribution in [2.24, 2.45) is 5.92 Å². The molecular formula is C31H31ClN8O3. The van der Waals surface area contributed by atoms with Gasteiger partial charge in [0.1, 0.15) is 11.9 Å². The van der Waals surface area contributed by atoms with Crippen molar-refractivity contribution in [2.45, 2.75) is 51.7 Å². The Balaban J connectivity index is 1.30. The Bertz CT molecular complexity index is 1910. The fourth-order valence-electron chi connectivity index (χ4n) is 6.19. The van der Waals surface area contributed by atoms with Gasteiger partial charge in [-0.25, -0.2) is 24.4 Å². The van der Waals surface area contributed by atoms with Gasteiger partial charge in [-0.1, -0.05) is 31.5 Å². The minimum absolute atomic E-state index is 0.142. The second kappa shape index (κ2) is 11.2. The molecule has 0 aliphatic carbocycles. The average Bonchev–Trinajstić information content (AvgIpc) is 3.52. The lowest BCUT2D eigenvalue weighted by molar-refractivity contribution is -0.0733. The van der Waals surface area contributed by atoms with Crippen LogP contribution in [0.25, 0.3) is 33.3 Å². The highest BCUT2D eigenvalue weighted by molar-refractivity contribution is 6.30. The molecule has 0 N–H and O–H groups in total. The van der Waals surface area contributed by atoms with Gasteiger partial charge >= 0.3 is 5.76 Å². The van der Waals surface area contributed by atoms with Gasteiger partial charge < -0.3 is 9.15 Å². The monoisotopic (exact) mass is 598 g/mol. The summed E-state index contributed by atoms with van der Waals surface area (Å²) in [6, 6.07) is 8.77. The van der Waals surface area contributed by atoms with Crippen LogP contribution in [0, 0.1) is 17.2 Å². The molecule has 2 fully saturated rings. The summed E-state index contributed by atoms with van der Waals surface area (Å²) in [5, 5.41) is 16.5. The number of nitrogens with zero attached hydrogens (tertiary/aromatic N) is 8. The van der Waals surface area contributed by atoms with E-state index in [1.165, 1.54) is 17.0 Å². The number of hydrogen-bond acceptors (Lipinski definition) is 9. The molecule has 2 saturated heterocycles. The molecule has 0 saturated carbocycles. The number of likely N-dealkylation sites (tertiary alicyclic amines) is 1. The summed E-state index contributed by atoms with van der Waals surface area (Å²) < 4.78 is 14.6. The minimum Gasteiger partial charge on any atom is -0.408 e. The number of benzene rings is 1. The molecule has 43 heavy (non-hydrogen) atoms. The van der Waals surface area contributed by atoms with Gasteiger partial charge in [-0.05, 0) is 42.9 Å². The SMILES string of the molecule is CC(C)Cc1nc2c(cnn2C2CCN(C3COC3)CC2)c(-c2ccc3c(c2)oc(=O)n3Cc2ncc(Cl)cn2)c1C#N.